The summed E-state index contributed by atoms with van der Waals surface area (Å²) in [6.45, 7) is 1.50. The first-order valence-corrected chi connectivity index (χ1v) is 7.05. The summed E-state index contributed by atoms with van der Waals surface area (Å²) >= 11 is 0. The molecule has 0 bridgehead atoms. The Morgan fingerprint density at radius 3 is 2.47 bits per heavy atom. The average molecular weight is 259 g/mol. The van der Waals surface area contributed by atoms with Crippen LogP contribution in [-0.2, 0) is 9.47 Å². The van der Waals surface area contributed by atoms with Gasteiger partial charge >= 0.3 is 0 Å². The summed E-state index contributed by atoms with van der Waals surface area (Å²) in [5.74, 6) is -0.264. The maximum absolute atomic E-state index is 5.76. The molecular weight excluding hydrogens is 238 g/mol. The fourth-order valence-electron chi connectivity index (χ4n) is 2.95. The van der Waals surface area contributed by atoms with E-state index in [0.29, 0.717) is 0 Å². The Balaban J connectivity index is 1.72. The van der Waals surface area contributed by atoms with E-state index in [4.69, 9.17) is 9.47 Å². The number of benzene rings is 1. The second-order valence-corrected chi connectivity index (χ2v) is 5.25. The highest BCUT2D eigenvalue weighted by Gasteiger charge is 2.38. The minimum Gasteiger partial charge on any atom is -0.388 e. The van der Waals surface area contributed by atoms with E-state index in [1.807, 2.05) is 7.05 Å². The zero-order valence-corrected chi connectivity index (χ0v) is 11.4. The van der Waals surface area contributed by atoms with Gasteiger partial charge in [-0.15, -0.1) is 0 Å². The molecule has 19 heavy (non-hydrogen) atoms. The Hall–Kier alpha value is -1.32. The van der Waals surface area contributed by atoms with Crippen molar-refractivity contribution < 1.29 is 9.47 Å². The first kappa shape index (κ1) is 12.7. The third-order valence-electron chi connectivity index (χ3n) is 4.06. The number of nitrogens with one attached hydrogen (secondary N) is 1. The zero-order valence-electron chi connectivity index (χ0n) is 11.4. The van der Waals surface area contributed by atoms with E-state index in [2.05, 4.69) is 35.7 Å². The van der Waals surface area contributed by atoms with Crippen molar-refractivity contribution in [2.24, 2.45) is 0 Å². The van der Waals surface area contributed by atoms with Crippen LogP contribution in [0.3, 0.4) is 0 Å². The lowest BCUT2D eigenvalue weighted by Crippen LogP contribution is -2.33. The van der Waals surface area contributed by atoms with Gasteiger partial charge in [-0.25, -0.2) is 0 Å². The van der Waals surface area contributed by atoms with Crippen molar-refractivity contribution in [1.29, 1.82) is 0 Å². The fourth-order valence-corrected chi connectivity index (χ4v) is 2.95. The Morgan fingerprint density at radius 2 is 1.79 bits per heavy atom. The summed E-state index contributed by atoms with van der Waals surface area (Å²) in [5, 5.41) is 3.24. The van der Waals surface area contributed by atoms with Gasteiger partial charge in [-0.05, 0) is 24.5 Å². The molecule has 3 rings (SSSR count). The molecule has 3 heteroatoms. The van der Waals surface area contributed by atoms with Gasteiger partial charge in [-0.1, -0.05) is 29.8 Å². The predicted octanol–water partition coefficient (Wildman–Crippen LogP) is 3.43. The summed E-state index contributed by atoms with van der Waals surface area (Å²) in [6.07, 6.45) is 6.42. The molecule has 1 saturated heterocycles. The van der Waals surface area contributed by atoms with Gasteiger partial charge in [-0.2, -0.15) is 0 Å². The van der Waals surface area contributed by atoms with Crippen LogP contribution in [0.2, 0.25) is 0 Å². The number of anilines is 1. The molecule has 2 fully saturated rings. The van der Waals surface area contributed by atoms with Crippen molar-refractivity contribution >= 4 is 11.8 Å². The van der Waals surface area contributed by atoms with Crippen LogP contribution in [0, 0.1) is 0 Å². The van der Waals surface area contributed by atoms with E-state index >= 15 is 0 Å². The van der Waals surface area contributed by atoms with Gasteiger partial charge in [0.25, 0.3) is 0 Å². The third-order valence-corrected chi connectivity index (χ3v) is 4.06. The van der Waals surface area contributed by atoms with Crippen LogP contribution in [0.15, 0.2) is 29.8 Å². The van der Waals surface area contributed by atoms with Crippen molar-refractivity contribution in [3.05, 3.63) is 35.4 Å². The summed E-state index contributed by atoms with van der Waals surface area (Å²) in [7, 11) is 1.97. The summed E-state index contributed by atoms with van der Waals surface area (Å²) in [4.78, 5) is 0. The maximum atomic E-state index is 5.76. The van der Waals surface area contributed by atoms with Gasteiger partial charge in [0.15, 0.2) is 5.79 Å². The average Bonchev–Trinajstić information content (AvgIpc) is 2.91. The number of ether oxygens (including phenoxy) is 2. The fraction of sp³-hybridized carbons (Fsp3) is 0.500. The Labute approximate surface area is 114 Å². The molecule has 3 nitrogen and oxygen atoms in total. The Morgan fingerprint density at radius 1 is 1.11 bits per heavy atom. The molecule has 1 saturated carbocycles. The smallest absolute Gasteiger partial charge is 0.169 e. The molecule has 0 unspecified atom stereocenters. The van der Waals surface area contributed by atoms with Crippen LogP contribution in [0.25, 0.3) is 6.08 Å². The second-order valence-electron chi connectivity index (χ2n) is 5.25. The van der Waals surface area contributed by atoms with Crippen LogP contribution >= 0.6 is 0 Å². The van der Waals surface area contributed by atoms with E-state index in [0.717, 1.165) is 38.9 Å². The number of hydrogen-bond donors (Lipinski definition) is 1. The van der Waals surface area contributed by atoms with Crippen molar-refractivity contribution in [3.8, 4) is 0 Å². The minimum atomic E-state index is -0.264. The topological polar surface area (TPSA) is 30.5 Å². The minimum absolute atomic E-state index is 0.264. The first-order chi connectivity index (χ1) is 9.31. The molecule has 1 N–H and O–H groups in total. The van der Waals surface area contributed by atoms with Gasteiger partial charge in [0.05, 0.1) is 13.2 Å². The molecule has 1 aromatic carbocycles. The SMILES string of the molecule is CNc1ccccc1C=C1CCC2(CC1)OCCO2. The van der Waals surface area contributed by atoms with Gasteiger partial charge in [-0.3, -0.25) is 0 Å². The second kappa shape index (κ2) is 5.35. The highest BCUT2D eigenvalue weighted by atomic mass is 16.7. The van der Waals surface area contributed by atoms with Crippen LogP contribution < -0.4 is 5.32 Å². The van der Waals surface area contributed by atoms with E-state index in [1.165, 1.54) is 16.8 Å². The largest absolute Gasteiger partial charge is 0.388 e. The molecule has 1 spiro atoms. The number of hydrogen-bond acceptors (Lipinski definition) is 3. The summed E-state index contributed by atoms with van der Waals surface area (Å²) < 4.78 is 11.5. The van der Waals surface area contributed by atoms with E-state index < -0.39 is 0 Å². The lowest BCUT2D eigenvalue weighted by atomic mass is 9.88. The molecule has 102 valence electrons. The van der Waals surface area contributed by atoms with Crippen LogP contribution in [0.4, 0.5) is 5.69 Å². The molecule has 0 atom stereocenters. The lowest BCUT2D eigenvalue weighted by molar-refractivity contribution is -0.171. The monoisotopic (exact) mass is 259 g/mol. The van der Waals surface area contributed by atoms with Gasteiger partial charge < -0.3 is 14.8 Å². The molecule has 0 aromatic heterocycles. The van der Waals surface area contributed by atoms with E-state index in [-0.39, 0.29) is 5.79 Å². The van der Waals surface area contributed by atoms with Gasteiger partial charge in [0.2, 0.25) is 0 Å². The van der Waals surface area contributed by atoms with E-state index in [9.17, 15) is 0 Å². The third kappa shape index (κ3) is 2.67. The molecule has 0 amide bonds. The standard InChI is InChI=1S/C16H21NO2/c1-17-15-5-3-2-4-14(15)12-13-6-8-16(9-7-13)18-10-11-19-16/h2-5,12,17H,6-11H2,1H3. The number of rotatable bonds is 2. The summed E-state index contributed by atoms with van der Waals surface area (Å²) in [6, 6.07) is 8.41. The highest BCUT2D eigenvalue weighted by Crippen LogP contribution is 2.38. The van der Waals surface area contributed by atoms with Gasteiger partial charge in [0, 0.05) is 25.6 Å². The van der Waals surface area contributed by atoms with Gasteiger partial charge in [0.1, 0.15) is 0 Å². The molecule has 2 aliphatic rings. The quantitative estimate of drug-likeness (QED) is 0.882. The Bertz CT molecular complexity index is 463. The zero-order chi connectivity index (χ0) is 13.1. The van der Waals surface area contributed by atoms with Crippen LogP contribution in [-0.4, -0.2) is 26.0 Å². The highest BCUT2D eigenvalue weighted by molar-refractivity contribution is 5.67. The van der Waals surface area contributed by atoms with Crippen molar-refractivity contribution in [2.75, 3.05) is 25.6 Å². The number of para-hydroxylation sites is 1. The number of allylic oxidation sites excluding steroid dienone is 1. The molecule has 1 heterocycles. The van der Waals surface area contributed by atoms with E-state index in [1.54, 1.807) is 0 Å². The maximum Gasteiger partial charge on any atom is 0.169 e. The predicted molar refractivity (Wildman–Crippen MR) is 77.1 cm³/mol. The molecule has 1 aromatic rings. The normalized spacial score (nSPS) is 21.6. The lowest BCUT2D eigenvalue weighted by Gasteiger charge is -2.32. The first-order valence-electron chi connectivity index (χ1n) is 7.05. The van der Waals surface area contributed by atoms with Crippen LogP contribution in [0.5, 0.6) is 0 Å². The van der Waals surface area contributed by atoms with Crippen LogP contribution in [0.1, 0.15) is 31.2 Å². The molecule has 1 aliphatic heterocycles. The Kier molecular flexibility index (Phi) is 3.58. The summed E-state index contributed by atoms with van der Waals surface area (Å²) in [5.41, 5.74) is 3.94. The molecular formula is C16H21NO2. The van der Waals surface area contributed by atoms with Crippen molar-refractivity contribution in [1.82, 2.24) is 0 Å². The molecule has 0 radical (unpaired) electrons. The van der Waals surface area contributed by atoms with Crippen molar-refractivity contribution in [2.45, 2.75) is 31.5 Å². The molecule has 1 aliphatic carbocycles. The van der Waals surface area contributed by atoms with Crippen molar-refractivity contribution in [3.63, 3.8) is 0 Å².